The Morgan fingerprint density at radius 1 is 1.03 bits per heavy atom. The van der Waals surface area contributed by atoms with Crippen LogP contribution < -0.4 is 10.6 Å². The minimum Gasteiger partial charge on any atom is -0.396 e. The Hall–Kier alpha value is -2.41. The van der Waals surface area contributed by atoms with Crippen LogP contribution in [-0.2, 0) is 17.8 Å². The van der Waals surface area contributed by atoms with Gasteiger partial charge in [0.05, 0.1) is 6.61 Å². The Morgan fingerprint density at radius 3 is 2.22 bits per heavy atom. The van der Waals surface area contributed by atoms with Gasteiger partial charge in [0.2, 0.25) is 0 Å². The molecule has 32 heavy (non-hydrogen) atoms. The van der Waals surface area contributed by atoms with Crippen molar-refractivity contribution in [1.82, 2.24) is 15.5 Å². The van der Waals surface area contributed by atoms with Crippen LogP contribution >= 0.6 is 0 Å². The maximum absolute atomic E-state index is 9.42. The molecule has 0 amide bonds. The van der Waals surface area contributed by atoms with Crippen LogP contribution in [0.3, 0.4) is 0 Å². The van der Waals surface area contributed by atoms with E-state index >= 15 is 0 Å². The number of ether oxygens (including phenoxy) is 1. The highest BCUT2D eigenvalue weighted by atomic mass is 16.5. The predicted molar refractivity (Wildman–Crippen MR) is 131 cm³/mol. The molecule has 1 aliphatic rings. The number of aliphatic imine (C=N–C) groups is 1. The number of hydrogen-bond donors (Lipinski definition) is 3. The highest BCUT2D eigenvalue weighted by molar-refractivity contribution is 5.79. The van der Waals surface area contributed by atoms with Crippen LogP contribution in [0.4, 0.5) is 0 Å². The molecular formula is C26H38N4O2. The molecule has 0 saturated carbocycles. The van der Waals surface area contributed by atoms with Crippen LogP contribution in [0.5, 0.6) is 0 Å². The second-order valence-electron chi connectivity index (χ2n) is 8.66. The van der Waals surface area contributed by atoms with E-state index < -0.39 is 0 Å². The van der Waals surface area contributed by atoms with Gasteiger partial charge in [0.1, 0.15) is 0 Å². The summed E-state index contributed by atoms with van der Waals surface area (Å²) in [5, 5.41) is 16.3. The normalized spacial score (nSPS) is 18.8. The predicted octanol–water partition coefficient (Wildman–Crippen LogP) is 3.03. The summed E-state index contributed by atoms with van der Waals surface area (Å²) in [6, 6.07) is 21.3. The monoisotopic (exact) mass is 438 g/mol. The largest absolute Gasteiger partial charge is 0.396 e. The zero-order valence-electron chi connectivity index (χ0n) is 19.3. The highest BCUT2D eigenvalue weighted by Gasteiger charge is 2.34. The van der Waals surface area contributed by atoms with Gasteiger partial charge in [-0.3, -0.25) is 9.89 Å². The molecule has 1 heterocycles. The lowest BCUT2D eigenvalue weighted by molar-refractivity contribution is 0.127. The minimum atomic E-state index is 0.00847. The summed E-state index contributed by atoms with van der Waals surface area (Å²) < 4.78 is 5.58. The van der Waals surface area contributed by atoms with Crippen LogP contribution in [0, 0.1) is 5.41 Å². The van der Waals surface area contributed by atoms with Gasteiger partial charge < -0.3 is 20.5 Å². The lowest BCUT2D eigenvalue weighted by atomic mass is 9.84. The highest BCUT2D eigenvalue weighted by Crippen LogP contribution is 2.31. The molecule has 6 heteroatoms. The lowest BCUT2D eigenvalue weighted by Gasteiger charge is -2.28. The van der Waals surface area contributed by atoms with Crippen molar-refractivity contribution in [2.45, 2.75) is 32.4 Å². The summed E-state index contributed by atoms with van der Waals surface area (Å²) in [6.07, 6.45) is 2.75. The Kier molecular flexibility index (Phi) is 10.0. The van der Waals surface area contributed by atoms with Gasteiger partial charge in [-0.2, -0.15) is 0 Å². The molecule has 3 N–H and O–H groups in total. The molecule has 0 aliphatic carbocycles. The fourth-order valence-corrected chi connectivity index (χ4v) is 4.21. The van der Waals surface area contributed by atoms with Crippen molar-refractivity contribution in [1.29, 1.82) is 0 Å². The summed E-state index contributed by atoms with van der Waals surface area (Å²) in [4.78, 5) is 6.86. The van der Waals surface area contributed by atoms with E-state index in [1.807, 2.05) is 0 Å². The Bertz CT molecular complexity index is 750. The first-order valence-electron chi connectivity index (χ1n) is 11.7. The molecule has 0 bridgehead atoms. The quantitative estimate of drug-likeness (QED) is 0.270. The van der Waals surface area contributed by atoms with Gasteiger partial charge in [-0.15, -0.1) is 0 Å². The molecule has 2 aromatic carbocycles. The summed E-state index contributed by atoms with van der Waals surface area (Å²) in [5.41, 5.74) is 2.68. The Labute approximate surface area is 192 Å². The SMILES string of the molecule is CN=C(NCCCN(Cc1ccccc1)Cc1ccccc1)NCC1(CCO)CCOC1. The topological polar surface area (TPSA) is 69.1 Å². The summed E-state index contributed by atoms with van der Waals surface area (Å²) >= 11 is 0. The average molecular weight is 439 g/mol. The third kappa shape index (κ3) is 7.93. The van der Waals surface area contributed by atoms with Crippen molar-refractivity contribution in [3.8, 4) is 0 Å². The van der Waals surface area contributed by atoms with Crippen LogP contribution in [0.2, 0.25) is 0 Å². The number of benzene rings is 2. The number of nitrogens with zero attached hydrogens (tertiary/aromatic N) is 2. The Morgan fingerprint density at radius 2 is 1.69 bits per heavy atom. The third-order valence-electron chi connectivity index (χ3n) is 6.12. The molecule has 2 aromatic rings. The van der Waals surface area contributed by atoms with Gasteiger partial charge >= 0.3 is 0 Å². The number of rotatable bonds is 12. The van der Waals surface area contributed by atoms with E-state index in [1.165, 1.54) is 11.1 Å². The van der Waals surface area contributed by atoms with Crippen molar-refractivity contribution in [2.75, 3.05) is 46.5 Å². The van der Waals surface area contributed by atoms with E-state index in [0.717, 1.165) is 64.6 Å². The lowest BCUT2D eigenvalue weighted by Crippen LogP contribution is -2.45. The van der Waals surface area contributed by atoms with Crippen LogP contribution in [0.1, 0.15) is 30.4 Å². The molecular weight excluding hydrogens is 400 g/mol. The zero-order chi connectivity index (χ0) is 22.5. The molecule has 0 spiro atoms. The number of nitrogens with one attached hydrogen (secondary N) is 2. The summed E-state index contributed by atoms with van der Waals surface area (Å²) in [5.74, 6) is 0.812. The standard InChI is InChI=1S/C26H38N4O2/c1-27-25(29-21-26(13-17-31)14-18-32-22-26)28-15-8-16-30(19-23-9-4-2-5-10-23)20-24-11-6-3-7-12-24/h2-7,9-12,31H,8,13-22H2,1H3,(H2,27,28,29). The van der Waals surface area contributed by atoms with Crippen LogP contribution in [0.15, 0.2) is 65.7 Å². The van der Waals surface area contributed by atoms with Crippen molar-refractivity contribution >= 4 is 5.96 Å². The molecule has 0 radical (unpaired) electrons. The number of aliphatic hydroxyl groups excluding tert-OH is 1. The number of aliphatic hydroxyl groups is 1. The smallest absolute Gasteiger partial charge is 0.190 e. The van der Waals surface area contributed by atoms with Crippen LogP contribution in [-0.4, -0.2) is 62.5 Å². The maximum atomic E-state index is 9.42. The maximum Gasteiger partial charge on any atom is 0.190 e. The van der Waals surface area contributed by atoms with E-state index in [-0.39, 0.29) is 12.0 Å². The van der Waals surface area contributed by atoms with Crippen LogP contribution in [0.25, 0.3) is 0 Å². The number of guanidine groups is 1. The molecule has 1 unspecified atom stereocenters. The van der Waals surface area contributed by atoms with Gasteiger partial charge in [0, 0.05) is 58.4 Å². The van der Waals surface area contributed by atoms with Gasteiger partial charge in [-0.1, -0.05) is 60.7 Å². The van der Waals surface area contributed by atoms with E-state index in [0.29, 0.717) is 6.61 Å². The van der Waals surface area contributed by atoms with E-state index in [1.54, 1.807) is 7.05 Å². The number of hydrogen-bond acceptors (Lipinski definition) is 4. The van der Waals surface area contributed by atoms with E-state index in [2.05, 4.69) is 81.2 Å². The molecule has 174 valence electrons. The van der Waals surface area contributed by atoms with Gasteiger partial charge in [0.15, 0.2) is 5.96 Å². The second-order valence-corrected chi connectivity index (χ2v) is 8.66. The fourth-order valence-electron chi connectivity index (χ4n) is 4.21. The molecule has 1 atom stereocenters. The van der Waals surface area contributed by atoms with Gasteiger partial charge in [0.25, 0.3) is 0 Å². The summed E-state index contributed by atoms with van der Waals surface area (Å²) in [7, 11) is 1.80. The minimum absolute atomic E-state index is 0.00847. The van der Waals surface area contributed by atoms with Crippen molar-refractivity contribution in [3.63, 3.8) is 0 Å². The van der Waals surface area contributed by atoms with Crippen molar-refractivity contribution in [2.24, 2.45) is 10.4 Å². The molecule has 1 saturated heterocycles. The summed E-state index contributed by atoms with van der Waals surface area (Å²) in [6.45, 7) is 6.15. The molecule has 6 nitrogen and oxygen atoms in total. The molecule has 1 fully saturated rings. The van der Waals surface area contributed by atoms with E-state index in [9.17, 15) is 5.11 Å². The average Bonchev–Trinajstić information content (AvgIpc) is 3.29. The third-order valence-corrected chi connectivity index (χ3v) is 6.12. The second kappa shape index (κ2) is 13.2. The van der Waals surface area contributed by atoms with Crippen molar-refractivity contribution in [3.05, 3.63) is 71.8 Å². The first-order valence-corrected chi connectivity index (χ1v) is 11.7. The fraction of sp³-hybridized carbons (Fsp3) is 0.500. The molecule has 3 rings (SSSR count). The molecule has 1 aliphatic heterocycles. The Balaban J connectivity index is 1.46. The first kappa shape index (κ1) is 24.2. The van der Waals surface area contributed by atoms with Crippen molar-refractivity contribution < 1.29 is 9.84 Å². The first-order chi connectivity index (χ1) is 15.7. The zero-order valence-corrected chi connectivity index (χ0v) is 19.3. The van der Waals surface area contributed by atoms with E-state index in [4.69, 9.17) is 4.74 Å². The van der Waals surface area contributed by atoms with Gasteiger partial charge in [-0.25, -0.2) is 0 Å². The molecule has 0 aromatic heterocycles. The van der Waals surface area contributed by atoms with Gasteiger partial charge in [-0.05, 0) is 30.4 Å².